The Kier molecular flexibility index (Phi) is 7.20. The average Bonchev–Trinajstić information content (AvgIpc) is 3.19. The summed E-state index contributed by atoms with van der Waals surface area (Å²) < 4.78 is 5.48. The zero-order valence-electron chi connectivity index (χ0n) is 15.6. The standard InChI is InChI=1S/C18H34N4O.HI/c1-17(2,22-10-12-23-13-11-22)14-20-16(19-3)21-9-8-18(15-21)6-4-5-7-18;/h4-15H2,1-3H3,(H,19,20);1H. The van der Waals surface area contributed by atoms with Gasteiger partial charge in [0.05, 0.1) is 13.2 Å². The van der Waals surface area contributed by atoms with Crippen molar-refractivity contribution in [2.75, 3.05) is 53.0 Å². The number of hydrogen-bond acceptors (Lipinski definition) is 3. The van der Waals surface area contributed by atoms with Crippen LogP contribution in [-0.2, 0) is 4.74 Å². The van der Waals surface area contributed by atoms with Gasteiger partial charge in [-0.2, -0.15) is 0 Å². The Morgan fingerprint density at radius 1 is 1.12 bits per heavy atom. The molecule has 6 heteroatoms. The van der Waals surface area contributed by atoms with E-state index in [4.69, 9.17) is 4.74 Å². The maximum Gasteiger partial charge on any atom is 0.193 e. The Hall–Kier alpha value is -0.0800. The fourth-order valence-electron chi connectivity index (χ4n) is 4.56. The van der Waals surface area contributed by atoms with Gasteiger partial charge in [0, 0.05) is 45.3 Å². The van der Waals surface area contributed by atoms with Crippen molar-refractivity contribution < 1.29 is 4.74 Å². The molecule has 2 saturated heterocycles. The van der Waals surface area contributed by atoms with Gasteiger partial charge in [0.2, 0.25) is 0 Å². The first-order valence-corrected chi connectivity index (χ1v) is 9.33. The molecular weight excluding hydrogens is 415 g/mol. The summed E-state index contributed by atoms with van der Waals surface area (Å²) in [6.07, 6.45) is 7.02. The highest BCUT2D eigenvalue weighted by Crippen LogP contribution is 2.45. The van der Waals surface area contributed by atoms with Crippen molar-refractivity contribution in [3.63, 3.8) is 0 Å². The van der Waals surface area contributed by atoms with Crippen molar-refractivity contribution in [2.24, 2.45) is 10.4 Å². The van der Waals surface area contributed by atoms with Crippen molar-refractivity contribution in [2.45, 2.75) is 51.5 Å². The van der Waals surface area contributed by atoms with Crippen LogP contribution in [0, 0.1) is 5.41 Å². The van der Waals surface area contributed by atoms with Gasteiger partial charge in [-0.1, -0.05) is 12.8 Å². The van der Waals surface area contributed by atoms with E-state index in [2.05, 4.69) is 34.0 Å². The molecule has 24 heavy (non-hydrogen) atoms. The minimum absolute atomic E-state index is 0. The van der Waals surface area contributed by atoms with Gasteiger partial charge in [0.1, 0.15) is 0 Å². The first kappa shape index (κ1) is 20.2. The van der Waals surface area contributed by atoms with Crippen LogP contribution in [0.15, 0.2) is 4.99 Å². The lowest BCUT2D eigenvalue weighted by Gasteiger charge is -2.41. The van der Waals surface area contributed by atoms with E-state index in [9.17, 15) is 0 Å². The zero-order valence-corrected chi connectivity index (χ0v) is 18.0. The second-order valence-corrected chi connectivity index (χ2v) is 8.19. The summed E-state index contributed by atoms with van der Waals surface area (Å²) in [6.45, 7) is 11.7. The number of nitrogens with one attached hydrogen (secondary N) is 1. The largest absolute Gasteiger partial charge is 0.379 e. The number of rotatable bonds is 3. The van der Waals surface area contributed by atoms with Crippen LogP contribution in [-0.4, -0.2) is 74.3 Å². The van der Waals surface area contributed by atoms with Crippen molar-refractivity contribution in [3.8, 4) is 0 Å². The van der Waals surface area contributed by atoms with Gasteiger partial charge in [-0.25, -0.2) is 0 Å². The molecule has 1 spiro atoms. The molecule has 3 rings (SSSR count). The van der Waals surface area contributed by atoms with E-state index < -0.39 is 0 Å². The van der Waals surface area contributed by atoms with Gasteiger partial charge >= 0.3 is 0 Å². The molecule has 2 aliphatic heterocycles. The molecule has 0 aromatic carbocycles. The third-order valence-corrected chi connectivity index (χ3v) is 6.16. The Balaban J connectivity index is 0.00000208. The summed E-state index contributed by atoms with van der Waals surface area (Å²) in [5.41, 5.74) is 0.724. The van der Waals surface area contributed by atoms with Crippen molar-refractivity contribution in [3.05, 3.63) is 0 Å². The third-order valence-electron chi connectivity index (χ3n) is 6.16. The number of aliphatic imine (C=N–C) groups is 1. The molecule has 2 heterocycles. The topological polar surface area (TPSA) is 40.1 Å². The highest BCUT2D eigenvalue weighted by Gasteiger charge is 2.41. The Labute approximate surface area is 164 Å². The molecule has 140 valence electrons. The predicted molar refractivity (Wildman–Crippen MR) is 110 cm³/mol. The fraction of sp³-hybridized carbons (Fsp3) is 0.944. The summed E-state index contributed by atoms with van der Waals surface area (Å²) in [5.74, 6) is 1.09. The summed E-state index contributed by atoms with van der Waals surface area (Å²) in [7, 11) is 1.92. The highest BCUT2D eigenvalue weighted by atomic mass is 127. The number of halogens is 1. The number of ether oxygens (including phenoxy) is 1. The molecule has 0 aromatic heterocycles. The number of guanidine groups is 1. The lowest BCUT2D eigenvalue weighted by Crippen LogP contribution is -2.56. The first-order valence-electron chi connectivity index (χ1n) is 9.33. The Morgan fingerprint density at radius 3 is 2.42 bits per heavy atom. The average molecular weight is 450 g/mol. The summed E-state index contributed by atoms with van der Waals surface area (Å²) in [5, 5.41) is 3.65. The van der Waals surface area contributed by atoms with Crippen LogP contribution in [0.5, 0.6) is 0 Å². The molecule has 0 aromatic rings. The van der Waals surface area contributed by atoms with E-state index in [0.29, 0.717) is 5.41 Å². The van der Waals surface area contributed by atoms with Gasteiger partial charge < -0.3 is 15.0 Å². The van der Waals surface area contributed by atoms with Crippen LogP contribution >= 0.6 is 24.0 Å². The number of hydrogen-bond donors (Lipinski definition) is 1. The van der Waals surface area contributed by atoms with Crippen LogP contribution in [0.25, 0.3) is 0 Å². The van der Waals surface area contributed by atoms with Gasteiger partial charge in [0.25, 0.3) is 0 Å². The molecule has 0 unspecified atom stereocenters. The van der Waals surface area contributed by atoms with E-state index in [1.165, 1.54) is 38.6 Å². The fourth-order valence-corrected chi connectivity index (χ4v) is 4.56. The van der Waals surface area contributed by atoms with Crippen molar-refractivity contribution >= 4 is 29.9 Å². The van der Waals surface area contributed by atoms with Gasteiger partial charge in [-0.3, -0.25) is 9.89 Å². The highest BCUT2D eigenvalue weighted by molar-refractivity contribution is 14.0. The predicted octanol–water partition coefficient (Wildman–Crippen LogP) is 2.56. The Morgan fingerprint density at radius 2 is 1.79 bits per heavy atom. The molecule has 0 atom stereocenters. The maximum atomic E-state index is 5.48. The number of nitrogens with zero attached hydrogens (tertiary/aromatic N) is 3. The molecule has 0 radical (unpaired) electrons. The monoisotopic (exact) mass is 450 g/mol. The normalized spacial score (nSPS) is 25.1. The van der Waals surface area contributed by atoms with E-state index in [-0.39, 0.29) is 29.5 Å². The minimum Gasteiger partial charge on any atom is -0.379 e. The second kappa shape index (κ2) is 8.54. The second-order valence-electron chi connectivity index (χ2n) is 8.19. The van der Waals surface area contributed by atoms with Gasteiger partial charge in [-0.05, 0) is 38.5 Å². The van der Waals surface area contributed by atoms with Crippen LogP contribution in [0.1, 0.15) is 46.0 Å². The molecule has 1 saturated carbocycles. The van der Waals surface area contributed by atoms with Crippen molar-refractivity contribution in [1.29, 1.82) is 0 Å². The Bertz CT molecular complexity index is 429. The summed E-state index contributed by atoms with van der Waals surface area (Å²) >= 11 is 0. The first-order chi connectivity index (χ1) is 11.0. The van der Waals surface area contributed by atoms with Gasteiger partial charge in [0.15, 0.2) is 5.96 Å². The van der Waals surface area contributed by atoms with Crippen LogP contribution in [0.3, 0.4) is 0 Å². The number of likely N-dealkylation sites (tertiary alicyclic amines) is 1. The molecule has 1 N–H and O–H groups in total. The van der Waals surface area contributed by atoms with Crippen LogP contribution in [0.2, 0.25) is 0 Å². The van der Waals surface area contributed by atoms with E-state index in [0.717, 1.165) is 45.4 Å². The molecule has 3 fully saturated rings. The van der Waals surface area contributed by atoms with E-state index >= 15 is 0 Å². The van der Waals surface area contributed by atoms with Crippen molar-refractivity contribution in [1.82, 2.24) is 15.1 Å². The lowest BCUT2D eigenvalue weighted by atomic mass is 9.86. The number of morpholine rings is 1. The minimum atomic E-state index is 0. The molecule has 0 amide bonds. The van der Waals surface area contributed by atoms with E-state index in [1.807, 2.05) is 7.05 Å². The SMILES string of the molecule is CN=C(NCC(C)(C)N1CCOCC1)N1CCC2(CCCC2)C1.I. The zero-order chi connectivity index (χ0) is 16.3. The molecular formula is C18H35IN4O. The molecule has 3 aliphatic rings. The van der Waals surface area contributed by atoms with Crippen LogP contribution in [0.4, 0.5) is 0 Å². The van der Waals surface area contributed by atoms with Crippen LogP contribution < -0.4 is 5.32 Å². The summed E-state index contributed by atoms with van der Waals surface area (Å²) in [4.78, 5) is 9.57. The smallest absolute Gasteiger partial charge is 0.193 e. The van der Waals surface area contributed by atoms with E-state index in [1.54, 1.807) is 0 Å². The third kappa shape index (κ3) is 4.55. The lowest BCUT2D eigenvalue weighted by molar-refractivity contribution is -0.00847. The van der Waals surface area contributed by atoms with Gasteiger partial charge in [-0.15, -0.1) is 24.0 Å². The quantitative estimate of drug-likeness (QED) is 0.408. The summed E-state index contributed by atoms with van der Waals surface area (Å²) in [6, 6.07) is 0. The molecule has 5 nitrogen and oxygen atoms in total. The molecule has 1 aliphatic carbocycles. The molecule has 0 bridgehead atoms. The maximum absolute atomic E-state index is 5.48.